The summed E-state index contributed by atoms with van der Waals surface area (Å²) in [4.78, 5) is 2.23. The van der Waals surface area contributed by atoms with Crippen LogP contribution in [-0.2, 0) is 6.54 Å². The van der Waals surface area contributed by atoms with Gasteiger partial charge >= 0.3 is 0 Å². The van der Waals surface area contributed by atoms with Crippen molar-refractivity contribution in [3.63, 3.8) is 0 Å². The zero-order valence-corrected chi connectivity index (χ0v) is 13.0. The van der Waals surface area contributed by atoms with Crippen molar-refractivity contribution in [1.82, 2.24) is 0 Å². The van der Waals surface area contributed by atoms with E-state index in [0.717, 1.165) is 30.2 Å². The number of allylic oxidation sites excluding steroid dienone is 1. The van der Waals surface area contributed by atoms with Gasteiger partial charge in [0.15, 0.2) is 5.75 Å². The minimum Gasteiger partial charge on any atom is -0.456 e. The van der Waals surface area contributed by atoms with Gasteiger partial charge < -0.3 is 20.7 Å². The molecule has 5 heteroatoms. The quantitative estimate of drug-likeness (QED) is 0.903. The molecule has 0 bridgehead atoms. The van der Waals surface area contributed by atoms with Crippen molar-refractivity contribution in [3.8, 4) is 5.75 Å². The summed E-state index contributed by atoms with van der Waals surface area (Å²) >= 11 is 1.74. The van der Waals surface area contributed by atoms with Crippen molar-refractivity contribution in [1.29, 1.82) is 0 Å². The molecule has 0 saturated heterocycles. The van der Waals surface area contributed by atoms with Crippen LogP contribution in [0.25, 0.3) is 0 Å². The Morgan fingerprint density at radius 1 is 1.33 bits per heavy atom. The predicted molar refractivity (Wildman–Crippen MR) is 88.6 cm³/mol. The number of benzene rings is 1. The molecule has 2 heterocycles. The van der Waals surface area contributed by atoms with Crippen molar-refractivity contribution in [2.45, 2.75) is 19.9 Å². The zero-order valence-electron chi connectivity index (χ0n) is 12.2. The van der Waals surface area contributed by atoms with Crippen molar-refractivity contribution in [2.24, 2.45) is 5.73 Å². The molecule has 3 N–H and O–H groups in total. The molecule has 0 saturated carbocycles. The fourth-order valence-corrected chi connectivity index (χ4v) is 3.06. The van der Waals surface area contributed by atoms with Crippen LogP contribution in [-0.4, -0.2) is 7.05 Å². The molecule has 0 atom stereocenters. The Kier molecular flexibility index (Phi) is 3.75. The molecule has 1 aliphatic rings. The zero-order chi connectivity index (χ0) is 14.8. The van der Waals surface area contributed by atoms with E-state index in [2.05, 4.69) is 46.9 Å². The Bertz CT molecular complexity index is 664. The first-order chi connectivity index (χ1) is 10.2. The van der Waals surface area contributed by atoms with Gasteiger partial charge in [-0.1, -0.05) is 13.0 Å². The second-order valence-electron chi connectivity index (χ2n) is 5.06. The van der Waals surface area contributed by atoms with E-state index in [9.17, 15) is 0 Å². The molecule has 3 rings (SSSR count). The SMILES string of the molecule is CCC1=C(N)Nc2cc(CN(C)c3cccs3)ccc2O1. The molecule has 2 aromatic rings. The first-order valence-electron chi connectivity index (χ1n) is 6.98. The highest BCUT2D eigenvalue weighted by molar-refractivity contribution is 7.14. The summed E-state index contributed by atoms with van der Waals surface area (Å²) in [5.41, 5.74) is 8.12. The third-order valence-corrected chi connectivity index (χ3v) is 4.45. The van der Waals surface area contributed by atoms with Crippen molar-refractivity contribution in [2.75, 3.05) is 17.3 Å². The Morgan fingerprint density at radius 2 is 2.19 bits per heavy atom. The number of thiophene rings is 1. The van der Waals surface area contributed by atoms with Gasteiger partial charge in [-0.05, 0) is 35.2 Å². The normalized spacial score (nSPS) is 13.4. The Balaban J connectivity index is 1.78. The number of anilines is 2. The average Bonchev–Trinajstić information content (AvgIpc) is 3.00. The smallest absolute Gasteiger partial charge is 0.150 e. The van der Waals surface area contributed by atoms with E-state index in [0.29, 0.717) is 5.82 Å². The largest absolute Gasteiger partial charge is 0.456 e. The van der Waals surface area contributed by atoms with Crippen LogP contribution in [0.5, 0.6) is 5.75 Å². The molecular formula is C16H19N3OS. The molecule has 0 unspecified atom stereocenters. The van der Waals surface area contributed by atoms with Gasteiger partial charge in [0.25, 0.3) is 0 Å². The summed E-state index contributed by atoms with van der Waals surface area (Å²) in [6.07, 6.45) is 0.779. The number of hydrogen-bond acceptors (Lipinski definition) is 5. The number of fused-ring (bicyclic) bond motifs is 1. The Hall–Kier alpha value is -2.14. The van der Waals surface area contributed by atoms with Gasteiger partial charge in [-0.25, -0.2) is 0 Å². The van der Waals surface area contributed by atoms with Crippen LogP contribution in [0.4, 0.5) is 10.7 Å². The molecule has 1 aliphatic heterocycles. The molecule has 1 aromatic heterocycles. The summed E-state index contributed by atoms with van der Waals surface area (Å²) in [5.74, 6) is 2.24. The summed E-state index contributed by atoms with van der Waals surface area (Å²) in [7, 11) is 2.10. The van der Waals surface area contributed by atoms with E-state index >= 15 is 0 Å². The molecule has 0 aliphatic carbocycles. The first-order valence-corrected chi connectivity index (χ1v) is 7.86. The number of nitrogens with zero attached hydrogens (tertiary/aromatic N) is 1. The molecule has 0 amide bonds. The van der Waals surface area contributed by atoms with Gasteiger partial charge in [0.2, 0.25) is 0 Å². The lowest BCUT2D eigenvalue weighted by Crippen LogP contribution is -2.21. The van der Waals surface area contributed by atoms with Crippen LogP contribution in [0.2, 0.25) is 0 Å². The van der Waals surface area contributed by atoms with E-state index in [1.807, 2.05) is 13.0 Å². The molecular weight excluding hydrogens is 282 g/mol. The van der Waals surface area contributed by atoms with Gasteiger partial charge in [0.1, 0.15) is 11.6 Å². The molecule has 1 aromatic carbocycles. The summed E-state index contributed by atoms with van der Waals surface area (Å²) in [6, 6.07) is 10.4. The number of nitrogens with one attached hydrogen (secondary N) is 1. The summed E-state index contributed by atoms with van der Waals surface area (Å²) < 4.78 is 5.81. The second kappa shape index (κ2) is 5.69. The topological polar surface area (TPSA) is 50.5 Å². The van der Waals surface area contributed by atoms with Gasteiger partial charge in [-0.2, -0.15) is 0 Å². The van der Waals surface area contributed by atoms with Crippen molar-refractivity contribution < 1.29 is 4.74 Å². The summed E-state index contributed by atoms with van der Waals surface area (Å²) in [6.45, 7) is 2.87. The fraction of sp³-hybridized carbons (Fsp3) is 0.250. The lowest BCUT2D eigenvalue weighted by molar-refractivity contribution is 0.397. The van der Waals surface area contributed by atoms with Gasteiger partial charge in [0.05, 0.1) is 10.7 Å². The van der Waals surface area contributed by atoms with Gasteiger partial charge in [-0.15, -0.1) is 11.3 Å². The minimum atomic E-state index is 0.605. The van der Waals surface area contributed by atoms with E-state index in [-0.39, 0.29) is 0 Å². The number of nitrogens with two attached hydrogens (primary N) is 1. The lowest BCUT2D eigenvalue weighted by Gasteiger charge is -2.23. The molecule has 0 spiro atoms. The highest BCUT2D eigenvalue weighted by Gasteiger charge is 2.16. The van der Waals surface area contributed by atoms with Crippen molar-refractivity contribution >= 4 is 22.0 Å². The first kappa shape index (κ1) is 13.8. The maximum Gasteiger partial charge on any atom is 0.150 e. The second-order valence-corrected chi connectivity index (χ2v) is 5.98. The highest BCUT2D eigenvalue weighted by Crippen LogP contribution is 2.33. The Morgan fingerprint density at radius 3 is 2.90 bits per heavy atom. The van der Waals surface area contributed by atoms with Crippen LogP contribution in [0.1, 0.15) is 18.9 Å². The number of ether oxygens (including phenoxy) is 1. The van der Waals surface area contributed by atoms with Gasteiger partial charge in [0, 0.05) is 20.0 Å². The predicted octanol–water partition coefficient (Wildman–Crippen LogP) is 3.73. The van der Waals surface area contributed by atoms with Crippen LogP contribution in [0.15, 0.2) is 47.3 Å². The number of rotatable bonds is 4. The Labute approximate surface area is 128 Å². The molecule has 21 heavy (non-hydrogen) atoms. The van der Waals surface area contributed by atoms with E-state index in [1.54, 1.807) is 11.3 Å². The van der Waals surface area contributed by atoms with Crippen LogP contribution in [0, 0.1) is 0 Å². The van der Waals surface area contributed by atoms with E-state index in [4.69, 9.17) is 10.5 Å². The van der Waals surface area contributed by atoms with Crippen molar-refractivity contribution in [3.05, 3.63) is 52.9 Å². The minimum absolute atomic E-state index is 0.605. The third-order valence-electron chi connectivity index (χ3n) is 3.47. The highest BCUT2D eigenvalue weighted by atomic mass is 32.1. The molecule has 4 nitrogen and oxygen atoms in total. The standard InChI is InChI=1S/C16H19N3OS/c1-3-13-16(17)18-12-9-11(6-7-14(12)20-13)10-19(2)15-5-4-8-21-15/h4-9,18H,3,10,17H2,1-2H3. The number of hydrogen-bond donors (Lipinski definition) is 2. The fourth-order valence-electron chi connectivity index (χ4n) is 2.37. The molecule has 0 radical (unpaired) electrons. The van der Waals surface area contributed by atoms with E-state index < -0.39 is 0 Å². The maximum absolute atomic E-state index is 5.97. The monoisotopic (exact) mass is 301 g/mol. The van der Waals surface area contributed by atoms with Crippen LogP contribution in [0.3, 0.4) is 0 Å². The maximum atomic E-state index is 5.97. The molecule has 0 fully saturated rings. The van der Waals surface area contributed by atoms with Crippen LogP contribution >= 0.6 is 11.3 Å². The molecule has 110 valence electrons. The summed E-state index contributed by atoms with van der Waals surface area (Å²) in [5, 5.41) is 6.57. The van der Waals surface area contributed by atoms with E-state index in [1.165, 1.54) is 10.6 Å². The van der Waals surface area contributed by atoms with Gasteiger partial charge in [-0.3, -0.25) is 0 Å². The average molecular weight is 301 g/mol. The third kappa shape index (κ3) is 2.83. The van der Waals surface area contributed by atoms with Crippen LogP contribution < -0.4 is 20.7 Å². The lowest BCUT2D eigenvalue weighted by atomic mass is 10.1.